The lowest BCUT2D eigenvalue weighted by molar-refractivity contribution is -0.134. The number of aromatic nitrogens is 1. The molecule has 0 unspecified atom stereocenters. The third kappa shape index (κ3) is 6.54. The van der Waals surface area contributed by atoms with Crippen LogP contribution in [0.2, 0.25) is 0 Å². The highest BCUT2D eigenvalue weighted by atomic mass is 32.1. The maximum atomic E-state index is 13.0. The monoisotopic (exact) mass is 534 g/mol. The van der Waals surface area contributed by atoms with E-state index in [9.17, 15) is 14.7 Å². The van der Waals surface area contributed by atoms with Crippen LogP contribution in [-0.2, 0) is 20.7 Å². The quantitative estimate of drug-likeness (QED) is 0.493. The predicted molar refractivity (Wildman–Crippen MR) is 147 cm³/mol. The van der Waals surface area contributed by atoms with E-state index in [0.29, 0.717) is 18.1 Å². The Morgan fingerprint density at radius 3 is 2.68 bits per heavy atom. The molecule has 0 radical (unpaired) electrons. The molecule has 2 fully saturated rings. The number of fused-ring (bicyclic) bond motifs is 2. The van der Waals surface area contributed by atoms with Crippen LogP contribution in [0, 0.1) is 28.6 Å². The van der Waals surface area contributed by atoms with Crippen molar-refractivity contribution in [3.63, 3.8) is 0 Å². The van der Waals surface area contributed by atoms with Gasteiger partial charge in [-0.05, 0) is 41.9 Å². The summed E-state index contributed by atoms with van der Waals surface area (Å²) >= 11 is 1.58. The Kier molecular flexibility index (Phi) is 8.68. The van der Waals surface area contributed by atoms with Crippen molar-refractivity contribution >= 4 is 28.3 Å². The standard InChI is InChI=1S/C28H46N4O4S/c1-17(25(35)29-9-10-32-11-13-36-14-12-32)19-7-8-28(6)15-20-23(18(2)22(28)24(19)34)31-26(37-20)30-21(33)16-27(3,4)5/h17-19,22,24,34H,7-16H2,1-6H3,(H,29,35)(H,30,31,33)/t17-,18-,19+,22+,24-,28+/m0/s1. The van der Waals surface area contributed by atoms with E-state index >= 15 is 0 Å². The largest absolute Gasteiger partial charge is 0.392 e. The molecule has 3 N–H and O–H groups in total. The fraction of sp³-hybridized carbons (Fsp3) is 0.821. The molecule has 8 nitrogen and oxygen atoms in total. The summed E-state index contributed by atoms with van der Waals surface area (Å²) in [5.41, 5.74) is 0.871. The molecule has 2 heterocycles. The van der Waals surface area contributed by atoms with Gasteiger partial charge in [0.2, 0.25) is 11.8 Å². The molecule has 4 rings (SSSR count). The van der Waals surface area contributed by atoms with Crippen LogP contribution in [0.25, 0.3) is 0 Å². The summed E-state index contributed by atoms with van der Waals surface area (Å²) in [7, 11) is 0. The van der Waals surface area contributed by atoms with E-state index in [1.165, 1.54) is 4.88 Å². The number of morpholine rings is 1. The molecule has 9 heteroatoms. The van der Waals surface area contributed by atoms with E-state index in [4.69, 9.17) is 9.72 Å². The van der Waals surface area contributed by atoms with E-state index in [2.05, 4.69) is 50.2 Å². The number of hydrogen-bond donors (Lipinski definition) is 3. The highest BCUT2D eigenvalue weighted by Gasteiger charge is 2.53. The fourth-order valence-corrected chi connectivity index (χ4v) is 8.04. The van der Waals surface area contributed by atoms with E-state index in [1.807, 2.05) is 6.92 Å². The number of carbonyl (C=O) groups excluding carboxylic acids is 2. The van der Waals surface area contributed by atoms with Crippen LogP contribution in [0.3, 0.4) is 0 Å². The minimum Gasteiger partial charge on any atom is -0.392 e. The van der Waals surface area contributed by atoms with Gasteiger partial charge in [0, 0.05) is 49.3 Å². The van der Waals surface area contributed by atoms with Gasteiger partial charge in [0.15, 0.2) is 5.13 Å². The third-order valence-electron chi connectivity index (χ3n) is 8.75. The molecule has 0 spiro atoms. The second kappa shape index (κ2) is 11.3. The zero-order valence-corrected chi connectivity index (χ0v) is 24.2. The van der Waals surface area contributed by atoms with Gasteiger partial charge in [-0.3, -0.25) is 14.5 Å². The molecule has 0 aromatic carbocycles. The lowest BCUT2D eigenvalue weighted by Gasteiger charge is -2.53. The first kappa shape index (κ1) is 28.5. The van der Waals surface area contributed by atoms with Crippen molar-refractivity contribution in [3.05, 3.63) is 10.6 Å². The molecule has 1 saturated heterocycles. The summed E-state index contributed by atoms with van der Waals surface area (Å²) in [6, 6.07) is 0. The number of thiazole rings is 1. The molecule has 6 atom stereocenters. The summed E-state index contributed by atoms with van der Waals surface area (Å²) in [6.45, 7) is 17.3. The van der Waals surface area contributed by atoms with Gasteiger partial charge in [0.25, 0.3) is 0 Å². The van der Waals surface area contributed by atoms with Crippen molar-refractivity contribution in [1.82, 2.24) is 15.2 Å². The fourth-order valence-electron chi connectivity index (χ4n) is 6.76. The molecule has 0 bridgehead atoms. The Labute approximate surface area is 225 Å². The first-order chi connectivity index (χ1) is 17.4. The molecule has 3 aliphatic rings. The summed E-state index contributed by atoms with van der Waals surface area (Å²) < 4.78 is 5.39. The second-order valence-corrected chi connectivity index (χ2v) is 14.1. The first-order valence-corrected chi connectivity index (χ1v) is 14.7. The maximum Gasteiger partial charge on any atom is 0.226 e. The smallest absolute Gasteiger partial charge is 0.226 e. The van der Waals surface area contributed by atoms with E-state index in [0.717, 1.165) is 57.8 Å². The van der Waals surface area contributed by atoms with Crippen molar-refractivity contribution in [1.29, 1.82) is 0 Å². The molecule has 1 aromatic rings. The van der Waals surface area contributed by atoms with Crippen LogP contribution >= 0.6 is 11.3 Å². The van der Waals surface area contributed by atoms with Crippen LogP contribution in [0.4, 0.5) is 5.13 Å². The van der Waals surface area contributed by atoms with Crippen molar-refractivity contribution in [2.75, 3.05) is 44.7 Å². The summed E-state index contributed by atoms with van der Waals surface area (Å²) in [6.07, 6.45) is 2.54. The van der Waals surface area contributed by atoms with Crippen LogP contribution in [0.1, 0.15) is 77.3 Å². The zero-order chi connectivity index (χ0) is 27.0. The third-order valence-corrected chi connectivity index (χ3v) is 9.73. The Bertz CT molecular complexity index is 970. The molecule has 208 valence electrons. The molecule has 1 saturated carbocycles. The van der Waals surface area contributed by atoms with Crippen LogP contribution in [-0.4, -0.2) is 72.3 Å². The van der Waals surface area contributed by atoms with Gasteiger partial charge in [-0.1, -0.05) is 41.5 Å². The van der Waals surface area contributed by atoms with Gasteiger partial charge >= 0.3 is 0 Å². The number of ether oxygens (including phenoxy) is 1. The Morgan fingerprint density at radius 1 is 1.30 bits per heavy atom. The number of rotatable bonds is 7. The molecular weight excluding hydrogens is 488 g/mol. The SMILES string of the molecule is C[C@H](C(=O)NCCN1CCOCC1)[C@H]1CC[C@]2(C)Cc3sc(NC(=O)CC(C)(C)C)nc3[C@@H](C)[C@@H]2[C@H]1O. The van der Waals surface area contributed by atoms with Gasteiger partial charge in [0.1, 0.15) is 0 Å². The van der Waals surface area contributed by atoms with Crippen LogP contribution in [0.15, 0.2) is 0 Å². The number of aliphatic hydroxyl groups excluding tert-OH is 1. The van der Waals surface area contributed by atoms with Gasteiger partial charge in [0.05, 0.1) is 25.0 Å². The molecule has 2 aliphatic carbocycles. The topological polar surface area (TPSA) is 104 Å². The van der Waals surface area contributed by atoms with Crippen molar-refractivity contribution in [2.45, 2.75) is 79.2 Å². The Balaban J connectivity index is 1.40. The predicted octanol–water partition coefficient (Wildman–Crippen LogP) is 3.66. The number of nitrogens with zero attached hydrogens (tertiary/aromatic N) is 2. The Hall–Kier alpha value is -1.55. The lowest BCUT2D eigenvalue weighted by Crippen LogP contribution is -2.53. The van der Waals surface area contributed by atoms with Gasteiger partial charge in [-0.2, -0.15) is 0 Å². The number of amides is 2. The van der Waals surface area contributed by atoms with Gasteiger partial charge in [-0.15, -0.1) is 11.3 Å². The number of anilines is 1. The lowest BCUT2D eigenvalue weighted by atomic mass is 9.53. The number of carbonyl (C=O) groups is 2. The summed E-state index contributed by atoms with van der Waals surface area (Å²) in [5, 5.41) is 18.4. The van der Waals surface area contributed by atoms with Crippen LogP contribution < -0.4 is 10.6 Å². The van der Waals surface area contributed by atoms with Crippen molar-refractivity contribution in [2.24, 2.45) is 28.6 Å². The normalized spacial score (nSPS) is 31.2. The maximum absolute atomic E-state index is 13.0. The Morgan fingerprint density at radius 2 is 2.00 bits per heavy atom. The molecule has 2 amide bonds. The minimum absolute atomic E-state index is 0.0107. The highest BCUT2D eigenvalue weighted by molar-refractivity contribution is 7.15. The second-order valence-electron chi connectivity index (χ2n) is 13.0. The summed E-state index contributed by atoms with van der Waals surface area (Å²) in [4.78, 5) is 33.9. The molecule has 37 heavy (non-hydrogen) atoms. The van der Waals surface area contributed by atoms with Crippen LogP contribution in [0.5, 0.6) is 0 Å². The van der Waals surface area contributed by atoms with E-state index in [1.54, 1.807) is 11.3 Å². The average Bonchev–Trinajstić information content (AvgIpc) is 3.19. The zero-order valence-electron chi connectivity index (χ0n) is 23.4. The minimum atomic E-state index is -0.567. The molecular formula is C28H46N4O4S. The van der Waals surface area contributed by atoms with Gasteiger partial charge in [-0.25, -0.2) is 4.98 Å². The summed E-state index contributed by atoms with van der Waals surface area (Å²) in [5.74, 6) is -0.211. The average molecular weight is 535 g/mol. The number of aliphatic hydroxyl groups is 1. The van der Waals surface area contributed by atoms with E-state index < -0.39 is 6.10 Å². The number of nitrogens with one attached hydrogen (secondary N) is 2. The molecule has 1 aromatic heterocycles. The highest BCUT2D eigenvalue weighted by Crippen LogP contribution is 2.57. The van der Waals surface area contributed by atoms with Crippen molar-refractivity contribution in [3.8, 4) is 0 Å². The molecule has 1 aliphatic heterocycles. The first-order valence-electron chi connectivity index (χ1n) is 13.9. The van der Waals surface area contributed by atoms with Crippen molar-refractivity contribution < 1.29 is 19.4 Å². The number of hydrogen-bond acceptors (Lipinski definition) is 7. The van der Waals surface area contributed by atoms with E-state index in [-0.39, 0.29) is 46.3 Å². The van der Waals surface area contributed by atoms with Gasteiger partial charge < -0.3 is 20.5 Å².